The molecule has 0 bridgehead atoms. The number of esters is 1. The molecule has 0 fully saturated rings. The first-order valence-corrected chi connectivity index (χ1v) is 5.14. The summed E-state index contributed by atoms with van der Waals surface area (Å²) in [5, 5.41) is 0. The Morgan fingerprint density at radius 3 is 2.75 bits per heavy atom. The van der Waals surface area contributed by atoms with E-state index in [2.05, 4.69) is 4.79 Å². The maximum atomic E-state index is 11.1. The molecule has 90 valence electrons. The van der Waals surface area contributed by atoms with Gasteiger partial charge in [0.25, 0.3) is 0 Å². The molecule has 0 saturated heterocycles. The van der Waals surface area contributed by atoms with Gasteiger partial charge in [-0.25, -0.2) is 0 Å². The van der Waals surface area contributed by atoms with Crippen LogP contribution >= 0.6 is 0 Å². The Morgan fingerprint density at radius 1 is 1.50 bits per heavy atom. The van der Waals surface area contributed by atoms with Crippen LogP contribution in [0.15, 0.2) is 0 Å². The molecule has 0 atom stereocenters. The molecule has 0 aromatic rings. The summed E-state index contributed by atoms with van der Waals surface area (Å²) in [6.45, 7) is 2.96. The lowest BCUT2D eigenvalue weighted by Crippen LogP contribution is -2.28. The topological polar surface area (TPSA) is 83.0 Å². The lowest BCUT2D eigenvalue weighted by Gasteiger charge is -2.14. The van der Waals surface area contributed by atoms with Crippen molar-refractivity contribution in [1.82, 2.24) is 4.90 Å². The third kappa shape index (κ3) is 7.84. The van der Waals surface area contributed by atoms with Crippen LogP contribution in [0.3, 0.4) is 0 Å². The molecule has 0 N–H and O–H groups in total. The summed E-state index contributed by atoms with van der Waals surface area (Å²) < 4.78 is 4.78. The van der Waals surface area contributed by atoms with Crippen molar-refractivity contribution in [2.45, 2.75) is 19.8 Å². The van der Waals surface area contributed by atoms with Crippen LogP contribution in [-0.4, -0.2) is 54.4 Å². The van der Waals surface area contributed by atoms with Crippen LogP contribution in [0.5, 0.6) is 0 Å². The molecule has 0 saturated carbocycles. The molecule has 0 aliphatic heterocycles. The quantitative estimate of drug-likeness (QED) is 0.255. The van der Waals surface area contributed by atoms with Gasteiger partial charge in [0.1, 0.15) is 0 Å². The van der Waals surface area contributed by atoms with E-state index in [1.807, 2.05) is 0 Å². The zero-order valence-electron chi connectivity index (χ0n) is 9.68. The second kappa shape index (κ2) is 8.76. The van der Waals surface area contributed by atoms with Gasteiger partial charge in [-0.2, -0.15) is 4.79 Å². The second-order valence-corrected chi connectivity index (χ2v) is 3.36. The van der Waals surface area contributed by atoms with E-state index in [9.17, 15) is 9.59 Å². The third-order valence-corrected chi connectivity index (χ3v) is 1.87. The Balaban J connectivity index is 3.65. The van der Waals surface area contributed by atoms with E-state index in [-0.39, 0.29) is 18.3 Å². The zero-order chi connectivity index (χ0) is 12.4. The van der Waals surface area contributed by atoms with Crippen molar-refractivity contribution in [3.8, 4) is 0 Å². The van der Waals surface area contributed by atoms with Crippen molar-refractivity contribution >= 4 is 18.0 Å². The monoisotopic (exact) mass is 227 g/mol. The highest BCUT2D eigenvalue weighted by atomic mass is 16.5. The van der Waals surface area contributed by atoms with Crippen molar-refractivity contribution in [2.75, 3.05) is 26.7 Å². The average molecular weight is 227 g/mol. The maximum Gasteiger partial charge on any atom is 0.323 e. The summed E-state index contributed by atoms with van der Waals surface area (Å²) in [5.74, 6) is -0.500. The SMILES string of the molecule is CCOC(=O)CN(C)CCCC(=O)C=[N+]=[N-]. The van der Waals surface area contributed by atoms with Crippen molar-refractivity contribution in [3.05, 3.63) is 5.53 Å². The van der Waals surface area contributed by atoms with Gasteiger partial charge in [-0.3, -0.25) is 14.5 Å². The molecule has 0 amide bonds. The van der Waals surface area contributed by atoms with Crippen molar-refractivity contribution in [2.24, 2.45) is 0 Å². The van der Waals surface area contributed by atoms with Gasteiger partial charge in [0.2, 0.25) is 5.78 Å². The molecule has 0 aliphatic carbocycles. The summed E-state index contributed by atoms with van der Waals surface area (Å²) in [7, 11) is 1.78. The van der Waals surface area contributed by atoms with E-state index >= 15 is 0 Å². The van der Waals surface area contributed by atoms with Crippen LogP contribution in [0.4, 0.5) is 0 Å². The summed E-state index contributed by atoms with van der Waals surface area (Å²) in [5.41, 5.74) is 8.10. The van der Waals surface area contributed by atoms with Gasteiger partial charge < -0.3 is 10.3 Å². The lowest BCUT2D eigenvalue weighted by atomic mass is 10.2. The largest absolute Gasteiger partial charge is 0.465 e. The van der Waals surface area contributed by atoms with Crippen LogP contribution in [0.25, 0.3) is 5.53 Å². The Hall–Kier alpha value is -1.52. The minimum atomic E-state index is -0.270. The first kappa shape index (κ1) is 14.5. The van der Waals surface area contributed by atoms with Gasteiger partial charge in [-0.15, -0.1) is 0 Å². The fourth-order valence-electron chi connectivity index (χ4n) is 1.16. The Bertz CT molecular complexity index is 285. The predicted molar refractivity (Wildman–Crippen MR) is 58.1 cm³/mol. The summed E-state index contributed by atoms with van der Waals surface area (Å²) >= 11 is 0. The van der Waals surface area contributed by atoms with Crippen LogP contribution in [0.1, 0.15) is 19.8 Å². The van der Waals surface area contributed by atoms with Gasteiger partial charge >= 0.3 is 12.2 Å². The van der Waals surface area contributed by atoms with Gasteiger partial charge in [0.15, 0.2) is 0 Å². The molecule has 0 rings (SSSR count). The van der Waals surface area contributed by atoms with Crippen molar-refractivity contribution in [1.29, 1.82) is 0 Å². The molecular formula is C10H17N3O3. The Kier molecular flexibility index (Phi) is 7.93. The third-order valence-electron chi connectivity index (χ3n) is 1.87. The first-order valence-electron chi connectivity index (χ1n) is 5.14. The number of hydrogen-bond donors (Lipinski definition) is 0. The van der Waals surface area contributed by atoms with E-state index < -0.39 is 0 Å². The number of ether oxygens (including phenoxy) is 1. The van der Waals surface area contributed by atoms with E-state index in [0.717, 1.165) is 6.21 Å². The first-order chi connectivity index (χ1) is 7.60. The molecule has 0 unspecified atom stereocenters. The standard InChI is InChI=1S/C10H17N3O3/c1-3-16-10(15)8-13(2)6-4-5-9(14)7-12-11/h7H,3-6,8H2,1-2H3. The van der Waals surface area contributed by atoms with Gasteiger partial charge in [-0.1, -0.05) is 0 Å². The molecule has 0 aliphatic rings. The Morgan fingerprint density at radius 2 is 2.19 bits per heavy atom. The molecule has 16 heavy (non-hydrogen) atoms. The Labute approximate surface area is 94.8 Å². The maximum absolute atomic E-state index is 11.1. The highest BCUT2D eigenvalue weighted by Gasteiger charge is 2.08. The van der Waals surface area contributed by atoms with E-state index in [1.54, 1.807) is 18.9 Å². The molecule has 0 aromatic carbocycles. The van der Waals surface area contributed by atoms with Gasteiger partial charge in [0, 0.05) is 6.42 Å². The fraction of sp³-hybridized carbons (Fsp3) is 0.700. The van der Waals surface area contributed by atoms with Crippen molar-refractivity contribution < 1.29 is 19.1 Å². The molecule has 0 heterocycles. The highest BCUT2D eigenvalue weighted by molar-refractivity contribution is 6.25. The summed E-state index contributed by atoms with van der Waals surface area (Å²) in [4.78, 5) is 26.4. The lowest BCUT2D eigenvalue weighted by molar-refractivity contribution is -0.144. The van der Waals surface area contributed by atoms with Gasteiger partial charge in [-0.05, 0) is 26.9 Å². The molecule has 6 heteroatoms. The number of nitrogens with zero attached hydrogens (tertiary/aromatic N) is 3. The van der Waals surface area contributed by atoms with E-state index in [4.69, 9.17) is 10.3 Å². The molecule has 0 aromatic heterocycles. The molecule has 0 radical (unpaired) electrons. The van der Waals surface area contributed by atoms with Crippen LogP contribution < -0.4 is 0 Å². The average Bonchev–Trinajstić information content (AvgIpc) is 2.18. The smallest absolute Gasteiger partial charge is 0.323 e. The van der Waals surface area contributed by atoms with Crippen LogP contribution in [0.2, 0.25) is 0 Å². The number of carbonyl (C=O) groups excluding carboxylic acids is 2. The molecular weight excluding hydrogens is 210 g/mol. The minimum absolute atomic E-state index is 0.218. The highest BCUT2D eigenvalue weighted by Crippen LogP contribution is 1.94. The molecule has 0 spiro atoms. The van der Waals surface area contributed by atoms with Crippen LogP contribution in [0, 0.1) is 0 Å². The number of ketones is 1. The zero-order valence-corrected chi connectivity index (χ0v) is 9.68. The van der Waals surface area contributed by atoms with E-state index in [0.29, 0.717) is 26.0 Å². The normalized spacial score (nSPS) is 9.69. The number of carbonyl (C=O) groups is 2. The van der Waals surface area contributed by atoms with Gasteiger partial charge in [0.05, 0.1) is 13.2 Å². The summed E-state index contributed by atoms with van der Waals surface area (Å²) in [6, 6.07) is 0. The summed E-state index contributed by atoms with van der Waals surface area (Å²) in [6.07, 6.45) is 1.79. The van der Waals surface area contributed by atoms with Crippen LogP contribution in [-0.2, 0) is 14.3 Å². The number of likely N-dealkylation sites (N-methyl/N-ethyl adjacent to an activating group) is 1. The molecule has 6 nitrogen and oxygen atoms in total. The second-order valence-electron chi connectivity index (χ2n) is 3.36. The predicted octanol–water partition coefficient (Wildman–Crippen LogP) is 0.131. The fourth-order valence-corrected chi connectivity index (χ4v) is 1.16. The number of Topliss-reactive ketones (excluding diaryl/α,β-unsaturated/α-hetero) is 1. The minimum Gasteiger partial charge on any atom is -0.465 e. The van der Waals surface area contributed by atoms with Crippen molar-refractivity contribution in [3.63, 3.8) is 0 Å². The number of hydrogen-bond acceptors (Lipinski definition) is 4. The van der Waals surface area contributed by atoms with E-state index in [1.165, 1.54) is 0 Å². The number of rotatable bonds is 8.